The molecular formula is C23H27N3OS. The minimum absolute atomic E-state index is 0.103. The van der Waals surface area contributed by atoms with E-state index in [1.54, 1.807) is 0 Å². The van der Waals surface area contributed by atoms with Crippen LogP contribution in [0.1, 0.15) is 38.2 Å². The van der Waals surface area contributed by atoms with Gasteiger partial charge in [0.1, 0.15) is 0 Å². The van der Waals surface area contributed by atoms with E-state index in [1.807, 2.05) is 18.2 Å². The molecule has 0 bridgehead atoms. The smallest absolute Gasteiger partial charge is 0.230 e. The van der Waals surface area contributed by atoms with Gasteiger partial charge >= 0.3 is 0 Å². The number of para-hydroxylation sites is 2. The Labute approximate surface area is 170 Å². The van der Waals surface area contributed by atoms with Crippen molar-refractivity contribution < 1.29 is 4.79 Å². The van der Waals surface area contributed by atoms with Crippen molar-refractivity contribution in [2.24, 2.45) is 5.92 Å². The van der Waals surface area contributed by atoms with E-state index in [-0.39, 0.29) is 5.91 Å². The van der Waals surface area contributed by atoms with Crippen LogP contribution in [0.5, 0.6) is 0 Å². The van der Waals surface area contributed by atoms with Crippen molar-refractivity contribution in [3.05, 3.63) is 54.1 Å². The van der Waals surface area contributed by atoms with E-state index in [2.05, 4.69) is 54.1 Å². The van der Waals surface area contributed by atoms with Crippen molar-refractivity contribution in [3.63, 3.8) is 0 Å². The van der Waals surface area contributed by atoms with E-state index in [0.717, 1.165) is 28.3 Å². The molecule has 0 spiro atoms. The highest BCUT2D eigenvalue weighted by atomic mass is 32.2. The molecule has 1 heterocycles. The van der Waals surface area contributed by atoms with E-state index in [4.69, 9.17) is 4.98 Å². The van der Waals surface area contributed by atoms with Gasteiger partial charge in [-0.25, -0.2) is 4.98 Å². The van der Waals surface area contributed by atoms with Crippen molar-refractivity contribution in [2.75, 3.05) is 5.75 Å². The van der Waals surface area contributed by atoms with Crippen LogP contribution in [0.3, 0.4) is 0 Å². The number of rotatable bonds is 5. The van der Waals surface area contributed by atoms with Crippen LogP contribution in [0, 0.1) is 12.8 Å². The van der Waals surface area contributed by atoms with Crippen molar-refractivity contribution >= 4 is 28.7 Å². The van der Waals surface area contributed by atoms with Gasteiger partial charge in [-0.2, -0.15) is 0 Å². The first-order chi connectivity index (χ1) is 13.6. The molecular weight excluding hydrogens is 366 g/mol. The number of hydrogen-bond acceptors (Lipinski definition) is 3. The summed E-state index contributed by atoms with van der Waals surface area (Å²) in [5, 5.41) is 4.10. The fraction of sp³-hybridized carbons (Fsp3) is 0.391. The number of carbonyl (C=O) groups excluding carboxylic acids is 1. The molecule has 1 N–H and O–H groups in total. The van der Waals surface area contributed by atoms with Crippen LogP contribution in [-0.4, -0.2) is 27.3 Å². The Bertz CT molecular complexity index is 964. The van der Waals surface area contributed by atoms with Gasteiger partial charge < -0.3 is 5.32 Å². The van der Waals surface area contributed by atoms with Crippen molar-refractivity contribution in [3.8, 4) is 5.69 Å². The lowest BCUT2D eigenvalue weighted by atomic mass is 9.86. The minimum atomic E-state index is 0.103. The zero-order chi connectivity index (χ0) is 19.5. The minimum Gasteiger partial charge on any atom is -0.352 e. The number of hydrogen-bond donors (Lipinski definition) is 1. The lowest BCUT2D eigenvalue weighted by Crippen LogP contribution is -2.41. The van der Waals surface area contributed by atoms with Crippen LogP contribution in [0.2, 0.25) is 0 Å². The molecule has 0 radical (unpaired) electrons. The van der Waals surface area contributed by atoms with Gasteiger partial charge in [0.2, 0.25) is 5.91 Å². The molecule has 4 nitrogen and oxygen atoms in total. The highest BCUT2D eigenvalue weighted by Gasteiger charge is 2.23. The number of aryl methyl sites for hydroxylation is 1. The van der Waals surface area contributed by atoms with Gasteiger partial charge in [0.15, 0.2) is 5.16 Å². The topological polar surface area (TPSA) is 46.9 Å². The Morgan fingerprint density at radius 3 is 2.68 bits per heavy atom. The molecule has 2 atom stereocenters. The lowest BCUT2D eigenvalue weighted by Gasteiger charge is -2.29. The molecule has 1 aliphatic rings. The Morgan fingerprint density at radius 2 is 1.89 bits per heavy atom. The summed E-state index contributed by atoms with van der Waals surface area (Å²) in [6.45, 7) is 4.33. The predicted octanol–water partition coefficient (Wildman–Crippen LogP) is 5.12. The monoisotopic (exact) mass is 393 g/mol. The first-order valence-electron chi connectivity index (χ1n) is 10.1. The largest absolute Gasteiger partial charge is 0.352 e. The average molecular weight is 394 g/mol. The summed E-state index contributed by atoms with van der Waals surface area (Å²) in [4.78, 5) is 17.4. The van der Waals surface area contributed by atoms with Gasteiger partial charge in [-0.3, -0.25) is 9.36 Å². The van der Waals surface area contributed by atoms with E-state index in [1.165, 1.54) is 36.6 Å². The van der Waals surface area contributed by atoms with Crippen molar-refractivity contribution in [1.82, 2.24) is 14.9 Å². The molecule has 3 aromatic rings. The first-order valence-corrected chi connectivity index (χ1v) is 11.1. The molecule has 1 amide bonds. The summed E-state index contributed by atoms with van der Waals surface area (Å²) in [6.07, 6.45) is 4.80. The Hall–Kier alpha value is -2.27. The second kappa shape index (κ2) is 8.39. The van der Waals surface area contributed by atoms with Crippen LogP contribution in [0.25, 0.3) is 16.7 Å². The normalized spacial score (nSPS) is 19.6. The summed E-state index contributed by atoms with van der Waals surface area (Å²) in [5.74, 6) is 1.06. The van der Waals surface area contributed by atoms with E-state index < -0.39 is 0 Å². The molecule has 1 fully saturated rings. The fourth-order valence-electron chi connectivity index (χ4n) is 3.95. The van der Waals surface area contributed by atoms with E-state index in [9.17, 15) is 4.79 Å². The van der Waals surface area contributed by atoms with Gasteiger partial charge in [0.05, 0.1) is 16.8 Å². The summed E-state index contributed by atoms with van der Waals surface area (Å²) in [6, 6.07) is 16.9. The van der Waals surface area contributed by atoms with Crippen LogP contribution in [-0.2, 0) is 4.79 Å². The Balaban J connectivity index is 1.54. The van der Waals surface area contributed by atoms with E-state index in [0.29, 0.717) is 17.7 Å². The molecule has 1 saturated carbocycles. The van der Waals surface area contributed by atoms with Gasteiger partial charge in [-0.15, -0.1) is 0 Å². The zero-order valence-corrected chi connectivity index (χ0v) is 17.3. The maximum atomic E-state index is 12.6. The summed E-state index contributed by atoms with van der Waals surface area (Å²) in [5.41, 5.74) is 4.31. The van der Waals surface area contributed by atoms with Gasteiger partial charge in [0, 0.05) is 11.7 Å². The fourth-order valence-corrected chi connectivity index (χ4v) is 4.79. The molecule has 0 saturated heterocycles. The molecule has 5 heteroatoms. The third kappa shape index (κ3) is 4.09. The van der Waals surface area contributed by atoms with Crippen molar-refractivity contribution in [2.45, 2.75) is 50.7 Å². The molecule has 4 rings (SSSR count). The second-order valence-electron chi connectivity index (χ2n) is 7.78. The molecule has 0 unspecified atom stereocenters. The van der Waals surface area contributed by atoms with Crippen LogP contribution < -0.4 is 5.32 Å². The van der Waals surface area contributed by atoms with Gasteiger partial charge in [-0.05, 0) is 49.9 Å². The number of imidazole rings is 1. The quantitative estimate of drug-likeness (QED) is 0.612. The zero-order valence-electron chi connectivity index (χ0n) is 16.5. The summed E-state index contributed by atoms with van der Waals surface area (Å²) >= 11 is 1.51. The molecule has 1 aliphatic carbocycles. The average Bonchev–Trinajstić information content (AvgIpc) is 3.07. The first kappa shape index (κ1) is 19.1. The number of nitrogens with one attached hydrogen (secondary N) is 1. The van der Waals surface area contributed by atoms with Gasteiger partial charge in [-0.1, -0.05) is 61.4 Å². The molecule has 28 heavy (non-hydrogen) atoms. The number of aromatic nitrogens is 2. The number of fused-ring (bicyclic) bond motifs is 1. The highest BCUT2D eigenvalue weighted by molar-refractivity contribution is 7.99. The molecule has 146 valence electrons. The van der Waals surface area contributed by atoms with E-state index >= 15 is 0 Å². The van der Waals surface area contributed by atoms with Crippen LogP contribution >= 0.6 is 11.8 Å². The number of amides is 1. The summed E-state index contributed by atoms with van der Waals surface area (Å²) < 4.78 is 2.15. The number of benzene rings is 2. The Kier molecular flexibility index (Phi) is 5.72. The van der Waals surface area contributed by atoms with Crippen molar-refractivity contribution in [1.29, 1.82) is 0 Å². The summed E-state index contributed by atoms with van der Waals surface area (Å²) in [7, 11) is 0. The van der Waals surface area contributed by atoms with Crippen LogP contribution in [0.15, 0.2) is 53.7 Å². The maximum Gasteiger partial charge on any atom is 0.230 e. The highest BCUT2D eigenvalue weighted by Crippen LogP contribution is 2.28. The number of nitrogens with zero attached hydrogens (tertiary/aromatic N) is 2. The standard InChI is InChI=1S/C23H27N3OS/c1-16-11-13-18(14-12-16)26-21-10-6-5-9-20(21)25-23(26)28-15-22(27)24-19-8-4-3-7-17(19)2/h5-6,9-14,17,19H,3-4,7-8,15H2,1-2H3,(H,24,27)/t17-,19+/m1/s1. The number of carbonyl (C=O) groups is 1. The molecule has 2 aromatic carbocycles. The number of thioether (sulfide) groups is 1. The maximum absolute atomic E-state index is 12.6. The van der Waals surface area contributed by atoms with Crippen LogP contribution in [0.4, 0.5) is 0 Å². The Morgan fingerprint density at radius 1 is 1.14 bits per heavy atom. The predicted molar refractivity (Wildman–Crippen MR) is 116 cm³/mol. The lowest BCUT2D eigenvalue weighted by molar-refractivity contribution is -0.119. The third-order valence-electron chi connectivity index (χ3n) is 5.61. The molecule has 1 aromatic heterocycles. The van der Waals surface area contributed by atoms with Gasteiger partial charge in [0.25, 0.3) is 0 Å². The molecule has 0 aliphatic heterocycles. The third-order valence-corrected chi connectivity index (χ3v) is 6.55. The SMILES string of the molecule is Cc1ccc(-n2c(SCC(=O)N[C@H]3CCCC[C@H]3C)nc3ccccc32)cc1. The second-order valence-corrected chi connectivity index (χ2v) is 8.72.